The highest BCUT2D eigenvalue weighted by atomic mass is 16.5. The molecule has 0 saturated carbocycles. The van der Waals surface area contributed by atoms with E-state index in [1.807, 2.05) is 11.9 Å². The molecule has 0 aliphatic rings. The second kappa shape index (κ2) is 9.50. The van der Waals surface area contributed by atoms with E-state index >= 15 is 0 Å². The fourth-order valence-electron chi connectivity index (χ4n) is 2.26. The van der Waals surface area contributed by atoms with Crippen LogP contribution in [0.5, 0.6) is 0 Å². The van der Waals surface area contributed by atoms with E-state index in [0.29, 0.717) is 17.9 Å². The van der Waals surface area contributed by atoms with Gasteiger partial charge in [-0.2, -0.15) is 0 Å². The van der Waals surface area contributed by atoms with Crippen LogP contribution in [0.2, 0.25) is 0 Å². The maximum atomic E-state index is 12.3. The van der Waals surface area contributed by atoms with Crippen molar-refractivity contribution in [2.24, 2.45) is 0 Å². The largest absolute Gasteiger partial charge is 0.462 e. The topological polar surface area (TPSA) is 84.4 Å². The molecular formula is C19H24N4O3. The molecule has 1 N–H and O–H groups in total. The Hall–Kier alpha value is -2.96. The summed E-state index contributed by atoms with van der Waals surface area (Å²) in [5.41, 5.74) is 1.23. The van der Waals surface area contributed by atoms with Gasteiger partial charge in [0.25, 0.3) is 5.91 Å². The number of aromatic nitrogens is 2. The lowest BCUT2D eigenvalue weighted by Gasteiger charge is -2.16. The fraction of sp³-hybridized carbons (Fsp3) is 0.368. The average Bonchev–Trinajstić information content (AvgIpc) is 2.67. The standard InChI is InChI=1S/C19H24N4O3/c1-4-6-13-23(3)17-12-11-16(21-22-17)18(24)20-15-9-7-14(8-10-15)19(25)26-5-2/h7-12H,4-6,13H2,1-3H3,(H,20,24). The number of unbranched alkanes of at least 4 members (excludes halogenated alkanes) is 1. The van der Waals surface area contributed by atoms with Crippen molar-refractivity contribution < 1.29 is 14.3 Å². The van der Waals surface area contributed by atoms with Gasteiger partial charge >= 0.3 is 5.97 Å². The number of ether oxygens (including phenoxy) is 1. The molecule has 7 heteroatoms. The smallest absolute Gasteiger partial charge is 0.338 e. The van der Waals surface area contributed by atoms with Gasteiger partial charge in [0.1, 0.15) is 0 Å². The molecule has 1 aromatic heterocycles. The third-order valence-corrected chi connectivity index (χ3v) is 3.78. The Morgan fingerprint density at radius 3 is 2.38 bits per heavy atom. The Bertz CT molecular complexity index is 729. The Morgan fingerprint density at radius 1 is 1.08 bits per heavy atom. The van der Waals surface area contributed by atoms with Crippen molar-refractivity contribution >= 4 is 23.4 Å². The summed E-state index contributed by atoms with van der Waals surface area (Å²) in [6.07, 6.45) is 2.18. The molecule has 0 aliphatic carbocycles. The van der Waals surface area contributed by atoms with E-state index in [9.17, 15) is 9.59 Å². The number of amides is 1. The van der Waals surface area contributed by atoms with E-state index in [1.54, 1.807) is 43.3 Å². The zero-order valence-electron chi connectivity index (χ0n) is 15.4. The van der Waals surface area contributed by atoms with E-state index in [1.165, 1.54) is 0 Å². The first kappa shape index (κ1) is 19.4. The summed E-state index contributed by atoms with van der Waals surface area (Å²) in [6, 6.07) is 9.92. The number of benzene rings is 1. The first-order valence-corrected chi connectivity index (χ1v) is 8.68. The predicted molar refractivity (Wildman–Crippen MR) is 101 cm³/mol. The zero-order chi connectivity index (χ0) is 18.9. The van der Waals surface area contributed by atoms with E-state index in [2.05, 4.69) is 22.4 Å². The fourth-order valence-corrected chi connectivity index (χ4v) is 2.26. The third kappa shape index (κ3) is 5.27. The summed E-state index contributed by atoms with van der Waals surface area (Å²) in [5, 5.41) is 10.8. The van der Waals surface area contributed by atoms with Gasteiger partial charge in [-0.3, -0.25) is 4.79 Å². The number of esters is 1. The highest BCUT2D eigenvalue weighted by Gasteiger charge is 2.11. The van der Waals surface area contributed by atoms with E-state index < -0.39 is 0 Å². The lowest BCUT2D eigenvalue weighted by atomic mass is 10.2. The Balaban J connectivity index is 1.98. The summed E-state index contributed by atoms with van der Waals surface area (Å²) in [4.78, 5) is 25.9. The molecule has 0 aliphatic heterocycles. The quantitative estimate of drug-likeness (QED) is 0.732. The van der Waals surface area contributed by atoms with Crippen LogP contribution in [0.3, 0.4) is 0 Å². The normalized spacial score (nSPS) is 10.3. The van der Waals surface area contributed by atoms with Crippen molar-refractivity contribution in [2.45, 2.75) is 26.7 Å². The molecule has 0 saturated heterocycles. The Kier molecular flexibility index (Phi) is 7.08. The van der Waals surface area contributed by atoms with E-state index in [-0.39, 0.29) is 17.6 Å². The van der Waals surface area contributed by atoms with Crippen LogP contribution in [0.4, 0.5) is 11.5 Å². The minimum absolute atomic E-state index is 0.229. The zero-order valence-corrected chi connectivity index (χ0v) is 15.4. The van der Waals surface area contributed by atoms with Crippen LogP contribution >= 0.6 is 0 Å². The number of carbonyl (C=O) groups is 2. The maximum absolute atomic E-state index is 12.3. The summed E-state index contributed by atoms with van der Waals surface area (Å²) in [5.74, 6) is -0.0167. The molecule has 1 aromatic carbocycles. The highest BCUT2D eigenvalue weighted by molar-refractivity contribution is 6.03. The number of rotatable bonds is 8. The van der Waals surface area contributed by atoms with Crippen LogP contribution < -0.4 is 10.2 Å². The van der Waals surface area contributed by atoms with Crippen molar-refractivity contribution in [3.05, 3.63) is 47.7 Å². The molecule has 7 nitrogen and oxygen atoms in total. The summed E-state index contributed by atoms with van der Waals surface area (Å²) in [6.45, 7) is 5.09. The molecule has 0 unspecified atom stereocenters. The van der Waals surface area contributed by atoms with Gasteiger partial charge in [-0.25, -0.2) is 4.79 Å². The molecule has 0 radical (unpaired) electrons. The number of anilines is 2. The molecule has 2 aromatic rings. The minimum atomic E-state index is -0.390. The van der Waals surface area contributed by atoms with Crippen LogP contribution in [-0.2, 0) is 4.74 Å². The lowest BCUT2D eigenvalue weighted by Crippen LogP contribution is -2.21. The number of nitrogens with one attached hydrogen (secondary N) is 1. The summed E-state index contributed by atoms with van der Waals surface area (Å²) in [7, 11) is 1.95. The number of hydrogen-bond donors (Lipinski definition) is 1. The van der Waals surface area contributed by atoms with Gasteiger partial charge in [-0.15, -0.1) is 10.2 Å². The van der Waals surface area contributed by atoms with Crippen LogP contribution in [0, 0.1) is 0 Å². The molecule has 138 valence electrons. The van der Waals surface area contributed by atoms with Crippen LogP contribution in [0.15, 0.2) is 36.4 Å². The first-order chi connectivity index (χ1) is 12.5. The van der Waals surface area contributed by atoms with Crippen molar-refractivity contribution in [2.75, 3.05) is 30.4 Å². The minimum Gasteiger partial charge on any atom is -0.462 e. The van der Waals surface area contributed by atoms with Gasteiger partial charge in [0.2, 0.25) is 0 Å². The molecule has 0 bridgehead atoms. The van der Waals surface area contributed by atoms with Crippen LogP contribution in [0.25, 0.3) is 0 Å². The van der Waals surface area contributed by atoms with Gasteiger partial charge in [0.15, 0.2) is 11.5 Å². The van der Waals surface area contributed by atoms with Gasteiger partial charge in [-0.1, -0.05) is 13.3 Å². The SMILES string of the molecule is CCCCN(C)c1ccc(C(=O)Nc2ccc(C(=O)OCC)cc2)nn1. The van der Waals surface area contributed by atoms with Gasteiger partial charge in [0, 0.05) is 19.3 Å². The number of carbonyl (C=O) groups excluding carboxylic acids is 2. The summed E-state index contributed by atoms with van der Waals surface area (Å²) < 4.78 is 4.92. The molecule has 26 heavy (non-hydrogen) atoms. The van der Waals surface area contributed by atoms with Gasteiger partial charge in [-0.05, 0) is 49.7 Å². The van der Waals surface area contributed by atoms with E-state index in [4.69, 9.17) is 4.74 Å². The number of hydrogen-bond acceptors (Lipinski definition) is 6. The second-order valence-corrected chi connectivity index (χ2v) is 5.80. The molecule has 1 heterocycles. The average molecular weight is 356 g/mol. The Labute approximate surface area is 153 Å². The molecule has 1 amide bonds. The number of nitrogens with zero attached hydrogens (tertiary/aromatic N) is 3. The molecule has 0 spiro atoms. The monoisotopic (exact) mass is 356 g/mol. The van der Waals surface area contributed by atoms with Crippen molar-refractivity contribution in [1.82, 2.24) is 10.2 Å². The Morgan fingerprint density at radius 2 is 1.81 bits per heavy atom. The van der Waals surface area contributed by atoms with E-state index in [0.717, 1.165) is 25.2 Å². The van der Waals surface area contributed by atoms with Crippen molar-refractivity contribution in [3.63, 3.8) is 0 Å². The van der Waals surface area contributed by atoms with Gasteiger partial charge < -0.3 is 15.0 Å². The molecule has 0 atom stereocenters. The van der Waals surface area contributed by atoms with Crippen molar-refractivity contribution in [3.8, 4) is 0 Å². The highest BCUT2D eigenvalue weighted by Crippen LogP contribution is 2.13. The van der Waals surface area contributed by atoms with Crippen molar-refractivity contribution in [1.29, 1.82) is 0 Å². The molecule has 0 fully saturated rings. The van der Waals surface area contributed by atoms with Crippen LogP contribution in [-0.4, -0.2) is 42.3 Å². The summed E-state index contributed by atoms with van der Waals surface area (Å²) >= 11 is 0. The third-order valence-electron chi connectivity index (χ3n) is 3.78. The van der Waals surface area contributed by atoms with Crippen LogP contribution in [0.1, 0.15) is 47.5 Å². The lowest BCUT2D eigenvalue weighted by molar-refractivity contribution is 0.0526. The first-order valence-electron chi connectivity index (χ1n) is 8.68. The van der Waals surface area contributed by atoms with Gasteiger partial charge in [0.05, 0.1) is 12.2 Å². The molecule has 2 rings (SSSR count). The maximum Gasteiger partial charge on any atom is 0.338 e. The molecular weight excluding hydrogens is 332 g/mol. The predicted octanol–water partition coefficient (Wildman–Crippen LogP) is 3.14. The second-order valence-electron chi connectivity index (χ2n) is 5.80.